The molecule has 0 heterocycles. The number of hydrogen-bond acceptors (Lipinski definition) is 1. The number of hydrogen-bond donors (Lipinski definition) is 0. The van der Waals surface area contributed by atoms with Crippen molar-refractivity contribution in [2.45, 2.75) is 32.6 Å². The van der Waals surface area contributed by atoms with Gasteiger partial charge in [-0.15, -0.1) is 0 Å². The number of rotatable bonds is 6. The Kier molecular flexibility index (Phi) is 9.65. The van der Waals surface area contributed by atoms with E-state index in [1.807, 2.05) is 12.1 Å². The van der Waals surface area contributed by atoms with Gasteiger partial charge in [-0.3, -0.25) is 0 Å². The van der Waals surface area contributed by atoms with Gasteiger partial charge >= 0.3 is 0 Å². The van der Waals surface area contributed by atoms with Crippen molar-refractivity contribution in [2.24, 2.45) is 0 Å². The molecule has 0 aromatic carbocycles. The van der Waals surface area contributed by atoms with E-state index in [1.165, 1.54) is 12.5 Å². The van der Waals surface area contributed by atoms with Gasteiger partial charge < -0.3 is 0 Å². The highest BCUT2D eigenvalue weighted by Gasteiger charge is 1.78. The molecule has 1 heteroatoms. The minimum absolute atomic E-state index is 1.09. The maximum Gasteiger partial charge on any atom is 0.0912 e. The SMILES string of the molecule is CC/C=C/CCC/C=C/C=C/C#N. The summed E-state index contributed by atoms with van der Waals surface area (Å²) < 4.78 is 0. The highest BCUT2D eigenvalue weighted by Crippen LogP contribution is 1.98. The normalized spacial score (nSPS) is 11.7. The Labute approximate surface area is 81.1 Å². The van der Waals surface area contributed by atoms with E-state index in [0.29, 0.717) is 0 Å². The van der Waals surface area contributed by atoms with Crippen LogP contribution in [0.4, 0.5) is 0 Å². The van der Waals surface area contributed by atoms with Crippen LogP contribution in [0.3, 0.4) is 0 Å². The molecule has 0 bridgehead atoms. The molecule has 0 spiro atoms. The Bertz CT molecular complexity index is 216. The topological polar surface area (TPSA) is 23.8 Å². The van der Waals surface area contributed by atoms with Crippen LogP contribution in [0.1, 0.15) is 32.6 Å². The average molecular weight is 175 g/mol. The number of nitrogens with zero attached hydrogens (tertiary/aromatic N) is 1. The van der Waals surface area contributed by atoms with Crippen LogP contribution in [0.5, 0.6) is 0 Å². The molecular formula is C12H17N. The van der Waals surface area contributed by atoms with E-state index < -0.39 is 0 Å². The Morgan fingerprint density at radius 1 is 1.08 bits per heavy atom. The highest BCUT2D eigenvalue weighted by atomic mass is 14.2. The molecule has 0 atom stereocenters. The largest absolute Gasteiger partial charge is 0.193 e. The first kappa shape index (κ1) is 11.7. The zero-order valence-electron chi connectivity index (χ0n) is 8.24. The van der Waals surface area contributed by atoms with Crippen LogP contribution >= 0.6 is 0 Å². The highest BCUT2D eigenvalue weighted by molar-refractivity contribution is 5.11. The number of allylic oxidation sites excluding steroid dienone is 6. The molecule has 0 saturated carbocycles. The summed E-state index contributed by atoms with van der Waals surface area (Å²) in [5.41, 5.74) is 0. The molecule has 0 fully saturated rings. The quantitative estimate of drug-likeness (QED) is 0.261. The van der Waals surface area contributed by atoms with Gasteiger partial charge in [-0.1, -0.05) is 37.3 Å². The molecule has 0 saturated heterocycles. The second-order valence-corrected chi connectivity index (χ2v) is 2.73. The summed E-state index contributed by atoms with van der Waals surface area (Å²) >= 11 is 0. The van der Waals surface area contributed by atoms with Crippen molar-refractivity contribution in [3.63, 3.8) is 0 Å². The van der Waals surface area contributed by atoms with E-state index in [4.69, 9.17) is 5.26 Å². The van der Waals surface area contributed by atoms with Gasteiger partial charge in [0, 0.05) is 6.08 Å². The molecule has 1 nitrogen and oxygen atoms in total. The molecule has 0 unspecified atom stereocenters. The van der Waals surface area contributed by atoms with Gasteiger partial charge in [-0.2, -0.15) is 5.26 Å². The van der Waals surface area contributed by atoms with Crippen LogP contribution in [-0.2, 0) is 0 Å². The van der Waals surface area contributed by atoms with E-state index in [-0.39, 0.29) is 0 Å². The molecule has 0 aliphatic heterocycles. The second kappa shape index (κ2) is 10.7. The van der Waals surface area contributed by atoms with E-state index in [1.54, 1.807) is 6.08 Å². The molecule has 13 heavy (non-hydrogen) atoms. The zero-order chi connectivity index (χ0) is 9.78. The van der Waals surface area contributed by atoms with Crippen molar-refractivity contribution in [3.8, 4) is 6.07 Å². The first-order valence-corrected chi connectivity index (χ1v) is 4.78. The van der Waals surface area contributed by atoms with Crippen molar-refractivity contribution in [1.29, 1.82) is 5.26 Å². The van der Waals surface area contributed by atoms with Gasteiger partial charge in [-0.05, 0) is 25.7 Å². The summed E-state index contributed by atoms with van der Waals surface area (Å²) in [7, 11) is 0. The monoisotopic (exact) mass is 175 g/mol. The molecule has 0 N–H and O–H groups in total. The molecule has 0 aliphatic rings. The number of nitriles is 1. The summed E-state index contributed by atoms with van der Waals surface area (Å²) in [5, 5.41) is 8.19. The van der Waals surface area contributed by atoms with Crippen molar-refractivity contribution in [1.82, 2.24) is 0 Å². The maximum atomic E-state index is 8.19. The summed E-state index contributed by atoms with van der Waals surface area (Å²) in [6, 6.07) is 1.94. The van der Waals surface area contributed by atoms with Crippen molar-refractivity contribution >= 4 is 0 Å². The molecule has 0 rings (SSSR count). The smallest absolute Gasteiger partial charge is 0.0912 e. The summed E-state index contributed by atoms with van der Waals surface area (Å²) in [6.45, 7) is 2.14. The fourth-order valence-corrected chi connectivity index (χ4v) is 0.911. The first-order chi connectivity index (χ1) is 6.41. The predicted molar refractivity (Wildman–Crippen MR) is 57.2 cm³/mol. The van der Waals surface area contributed by atoms with E-state index >= 15 is 0 Å². The molecular weight excluding hydrogens is 158 g/mol. The Morgan fingerprint density at radius 3 is 2.54 bits per heavy atom. The van der Waals surface area contributed by atoms with E-state index in [0.717, 1.165) is 19.3 Å². The molecule has 70 valence electrons. The third kappa shape index (κ3) is 10.7. The van der Waals surface area contributed by atoms with Gasteiger partial charge in [0.25, 0.3) is 0 Å². The van der Waals surface area contributed by atoms with Crippen molar-refractivity contribution < 1.29 is 0 Å². The fourth-order valence-electron chi connectivity index (χ4n) is 0.911. The molecule has 0 radical (unpaired) electrons. The Balaban J connectivity index is 3.26. The van der Waals surface area contributed by atoms with E-state index in [2.05, 4.69) is 25.2 Å². The van der Waals surface area contributed by atoms with Crippen LogP contribution in [0.15, 0.2) is 36.5 Å². The zero-order valence-corrected chi connectivity index (χ0v) is 8.24. The lowest BCUT2D eigenvalue weighted by molar-refractivity contribution is 0.865. The lowest BCUT2D eigenvalue weighted by atomic mass is 10.2. The third-order valence-corrected chi connectivity index (χ3v) is 1.56. The van der Waals surface area contributed by atoms with Gasteiger partial charge in [0.05, 0.1) is 6.07 Å². The van der Waals surface area contributed by atoms with Crippen molar-refractivity contribution in [2.75, 3.05) is 0 Å². The Morgan fingerprint density at radius 2 is 1.85 bits per heavy atom. The molecule has 0 aromatic heterocycles. The van der Waals surface area contributed by atoms with E-state index in [9.17, 15) is 0 Å². The van der Waals surface area contributed by atoms with Crippen molar-refractivity contribution in [3.05, 3.63) is 36.5 Å². The molecule has 0 aromatic rings. The van der Waals surface area contributed by atoms with Gasteiger partial charge in [0.1, 0.15) is 0 Å². The van der Waals surface area contributed by atoms with Crippen LogP contribution < -0.4 is 0 Å². The summed E-state index contributed by atoms with van der Waals surface area (Å²) in [4.78, 5) is 0. The summed E-state index contributed by atoms with van der Waals surface area (Å²) in [6.07, 6.45) is 16.2. The molecule has 0 aliphatic carbocycles. The lowest BCUT2D eigenvalue weighted by Crippen LogP contribution is -1.68. The first-order valence-electron chi connectivity index (χ1n) is 4.78. The van der Waals surface area contributed by atoms with Gasteiger partial charge in [-0.25, -0.2) is 0 Å². The lowest BCUT2D eigenvalue weighted by Gasteiger charge is -1.88. The number of unbranched alkanes of at least 4 members (excludes halogenated alkanes) is 2. The molecule has 0 amide bonds. The second-order valence-electron chi connectivity index (χ2n) is 2.73. The maximum absolute atomic E-state index is 8.19. The standard InChI is InChI=1S/C12H17N/c1-2-3-4-5-6-7-8-9-10-11-12-13/h3-4,8-11H,2,5-7H2,1H3/b4-3+,9-8+,11-10+. The average Bonchev–Trinajstić information content (AvgIpc) is 2.16. The third-order valence-electron chi connectivity index (χ3n) is 1.56. The fraction of sp³-hybridized carbons (Fsp3) is 0.417. The predicted octanol–water partition coefficient (Wildman–Crippen LogP) is 3.76. The van der Waals surface area contributed by atoms with Crippen LogP contribution in [0.25, 0.3) is 0 Å². The van der Waals surface area contributed by atoms with Crippen LogP contribution in [0.2, 0.25) is 0 Å². The Hall–Kier alpha value is -1.29. The van der Waals surface area contributed by atoms with Gasteiger partial charge in [0.15, 0.2) is 0 Å². The summed E-state index contributed by atoms with van der Waals surface area (Å²) in [5.74, 6) is 0. The van der Waals surface area contributed by atoms with Crippen LogP contribution in [-0.4, -0.2) is 0 Å². The van der Waals surface area contributed by atoms with Crippen LogP contribution in [0, 0.1) is 11.3 Å². The minimum Gasteiger partial charge on any atom is -0.193 e. The van der Waals surface area contributed by atoms with Gasteiger partial charge in [0.2, 0.25) is 0 Å². The minimum atomic E-state index is 1.09.